The highest BCUT2D eigenvalue weighted by atomic mass is 32.2. The maximum atomic E-state index is 12.7. The summed E-state index contributed by atoms with van der Waals surface area (Å²) in [4.78, 5) is 30.1. The lowest BCUT2D eigenvalue weighted by Crippen LogP contribution is -2.51. The second kappa shape index (κ2) is 9.41. The summed E-state index contributed by atoms with van der Waals surface area (Å²) >= 11 is 1.41. The van der Waals surface area contributed by atoms with Crippen molar-refractivity contribution in [3.8, 4) is 5.69 Å². The minimum atomic E-state index is 0.0885. The number of carbonyl (C=O) groups excluding carboxylic acids is 2. The Balaban J connectivity index is 1.56. The smallest absolute Gasteiger partial charge is 0.236 e. The second-order valence-corrected chi connectivity index (χ2v) is 8.33. The van der Waals surface area contributed by atoms with E-state index in [1.165, 1.54) is 11.8 Å². The molecule has 2 heterocycles. The van der Waals surface area contributed by atoms with Crippen LogP contribution in [0.5, 0.6) is 0 Å². The van der Waals surface area contributed by atoms with Crippen molar-refractivity contribution in [1.82, 2.24) is 29.5 Å². The topological polar surface area (TPSA) is 74.6 Å². The molecule has 8 nitrogen and oxygen atoms in total. The van der Waals surface area contributed by atoms with Gasteiger partial charge in [0.15, 0.2) is 5.16 Å². The summed E-state index contributed by atoms with van der Waals surface area (Å²) in [6.07, 6.45) is 0. The van der Waals surface area contributed by atoms with Gasteiger partial charge in [-0.05, 0) is 25.5 Å². The Bertz CT molecular complexity index is 874. The summed E-state index contributed by atoms with van der Waals surface area (Å²) in [5.74, 6) is 1.30. The van der Waals surface area contributed by atoms with Gasteiger partial charge in [0, 0.05) is 40.3 Å². The van der Waals surface area contributed by atoms with Crippen molar-refractivity contribution in [2.45, 2.75) is 19.0 Å². The molecule has 0 radical (unpaired) electrons. The number of piperazine rings is 1. The van der Waals surface area contributed by atoms with Gasteiger partial charge in [0.25, 0.3) is 0 Å². The Morgan fingerprint density at radius 3 is 2.41 bits per heavy atom. The number of aromatic nitrogens is 3. The number of thioether (sulfide) groups is 1. The number of nitrogens with zero attached hydrogens (tertiary/aromatic N) is 6. The van der Waals surface area contributed by atoms with E-state index in [0.29, 0.717) is 38.5 Å². The van der Waals surface area contributed by atoms with Crippen LogP contribution in [0.2, 0.25) is 0 Å². The Morgan fingerprint density at radius 2 is 1.76 bits per heavy atom. The van der Waals surface area contributed by atoms with E-state index in [1.54, 1.807) is 19.0 Å². The van der Waals surface area contributed by atoms with Gasteiger partial charge in [-0.3, -0.25) is 19.1 Å². The van der Waals surface area contributed by atoms with E-state index in [1.807, 2.05) is 34.6 Å². The second-order valence-electron chi connectivity index (χ2n) is 7.39. The normalized spacial score (nSPS) is 14.8. The first-order chi connectivity index (χ1) is 13.9. The zero-order chi connectivity index (χ0) is 21.0. The lowest BCUT2D eigenvalue weighted by molar-refractivity contribution is -0.132. The summed E-state index contributed by atoms with van der Waals surface area (Å²) in [5.41, 5.74) is 2.16. The number of benzene rings is 1. The monoisotopic (exact) mass is 416 g/mol. The first kappa shape index (κ1) is 21.3. The van der Waals surface area contributed by atoms with Gasteiger partial charge in [-0.15, -0.1) is 10.2 Å². The lowest BCUT2D eigenvalue weighted by Gasteiger charge is -2.34. The highest BCUT2D eigenvalue weighted by molar-refractivity contribution is 7.99. The molecule has 0 spiro atoms. The van der Waals surface area contributed by atoms with Crippen molar-refractivity contribution in [2.24, 2.45) is 0 Å². The molecule has 3 rings (SSSR count). The predicted octanol–water partition coefficient (Wildman–Crippen LogP) is 1.21. The molecule has 156 valence electrons. The van der Waals surface area contributed by atoms with Crippen LogP contribution < -0.4 is 0 Å². The number of hydrogen-bond acceptors (Lipinski definition) is 6. The number of hydrogen-bond donors (Lipinski definition) is 0. The van der Waals surface area contributed by atoms with Crippen LogP contribution in [0.3, 0.4) is 0 Å². The molecular formula is C20H28N6O2S. The van der Waals surface area contributed by atoms with Crippen LogP contribution in [-0.2, 0) is 9.59 Å². The summed E-state index contributed by atoms with van der Waals surface area (Å²) in [5, 5.41) is 9.19. The molecule has 0 bridgehead atoms. The average Bonchev–Trinajstić information content (AvgIpc) is 3.07. The van der Waals surface area contributed by atoms with E-state index < -0.39 is 0 Å². The number of aryl methyl sites for hydroxylation is 2. The van der Waals surface area contributed by atoms with Crippen molar-refractivity contribution in [3.05, 3.63) is 35.7 Å². The third kappa shape index (κ3) is 5.16. The van der Waals surface area contributed by atoms with Crippen LogP contribution in [0, 0.1) is 13.8 Å². The van der Waals surface area contributed by atoms with Gasteiger partial charge in [0.05, 0.1) is 18.0 Å². The number of amides is 2. The SMILES string of the molecule is Cc1ccccc1-n1c(C)nnc1SCC(=O)N1CCN(CC(=O)N(C)C)CC1. The highest BCUT2D eigenvalue weighted by Gasteiger charge is 2.23. The summed E-state index contributed by atoms with van der Waals surface area (Å²) in [6.45, 7) is 7.09. The molecule has 0 saturated carbocycles. The van der Waals surface area contributed by atoms with Gasteiger partial charge >= 0.3 is 0 Å². The highest BCUT2D eigenvalue weighted by Crippen LogP contribution is 2.24. The third-order valence-electron chi connectivity index (χ3n) is 5.06. The fourth-order valence-corrected chi connectivity index (χ4v) is 4.13. The van der Waals surface area contributed by atoms with Crippen molar-refractivity contribution in [1.29, 1.82) is 0 Å². The fraction of sp³-hybridized carbons (Fsp3) is 0.500. The Labute approximate surface area is 175 Å². The molecule has 1 aliphatic heterocycles. The summed E-state index contributed by atoms with van der Waals surface area (Å²) < 4.78 is 2.00. The number of para-hydroxylation sites is 1. The number of carbonyl (C=O) groups is 2. The molecule has 9 heteroatoms. The summed E-state index contributed by atoms with van der Waals surface area (Å²) in [6, 6.07) is 8.07. The molecule has 1 fully saturated rings. The molecule has 1 saturated heterocycles. The molecule has 2 amide bonds. The standard InChI is InChI=1S/C20H28N6O2S/c1-15-7-5-6-8-17(15)26-16(2)21-22-20(26)29-14-19(28)25-11-9-24(10-12-25)13-18(27)23(3)4/h5-8H,9-14H2,1-4H3. The molecule has 2 aromatic rings. The van der Waals surface area contributed by atoms with Crippen LogP contribution in [-0.4, -0.2) is 93.9 Å². The minimum Gasteiger partial charge on any atom is -0.348 e. The molecule has 0 aliphatic carbocycles. The molecule has 29 heavy (non-hydrogen) atoms. The minimum absolute atomic E-state index is 0.0885. The quantitative estimate of drug-likeness (QED) is 0.659. The first-order valence-corrected chi connectivity index (χ1v) is 10.7. The van der Waals surface area contributed by atoms with E-state index in [9.17, 15) is 9.59 Å². The van der Waals surface area contributed by atoms with Gasteiger partial charge < -0.3 is 9.80 Å². The first-order valence-electron chi connectivity index (χ1n) is 9.68. The van der Waals surface area contributed by atoms with Crippen molar-refractivity contribution >= 4 is 23.6 Å². The Hall–Kier alpha value is -2.39. The fourth-order valence-electron chi connectivity index (χ4n) is 3.23. The number of likely N-dealkylation sites (N-methyl/N-ethyl adjacent to an activating group) is 1. The van der Waals surface area contributed by atoms with E-state index in [4.69, 9.17) is 0 Å². The van der Waals surface area contributed by atoms with Gasteiger partial charge in [0.1, 0.15) is 5.82 Å². The van der Waals surface area contributed by atoms with Crippen LogP contribution >= 0.6 is 11.8 Å². The average molecular weight is 417 g/mol. The lowest BCUT2D eigenvalue weighted by atomic mass is 10.2. The Morgan fingerprint density at radius 1 is 1.07 bits per heavy atom. The van der Waals surface area contributed by atoms with E-state index in [-0.39, 0.29) is 11.8 Å². The van der Waals surface area contributed by atoms with E-state index in [2.05, 4.69) is 28.1 Å². The Kier molecular flexibility index (Phi) is 6.92. The third-order valence-corrected chi connectivity index (χ3v) is 5.97. The predicted molar refractivity (Wildman–Crippen MR) is 113 cm³/mol. The summed E-state index contributed by atoms with van der Waals surface area (Å²) in [7, 11) is 3.52. The maximum Gasteiger partial charge on any atom is 0.236 e. The van der Waals surface area contributed by atoms with Crippen LogP contribution in [0.15, 0.2) is 29.4 Å². The van der Waals surface area contributed by atoms with Crippen LogP contribution in [0.4, 0.5) is 0 Å². The molecule has 0 N–H and O–H groups in total. The van der Waals surface area contributed by atoms with Gasteiger partial charge in [0.2, 0.25) is 11.8 Å². The zero-order valence-electron chi connectivity index (χ0n) is 17.5. The van der Waals surface area contributed by atoms with Crippen molar-refractivity contribution in [2.75, 3.05) is 52.6 Å². The maximum absolute atomic E-state index is 12.7. The van der Waals surface area contributed by atoms with Gasteiger partial charge in [-0.1, -0.05) is 30.0 Å². The van der Waals surface area contributed by atoms with E-state index in [0.717, 1.165) is 22.2 Å². The van der Waals surface area contributed by atoms with Crippen molar-refractivity contribution in [3.63, 3.8) is 0 Å². The van der Waals surface area contributed by atoms with Crippen LogP contribution in [0.1, 0.15) is 11.4 Å². The molecular weight excluding hydrogens is 388 g/mol. The van der Waals surface area contributed by atoms with Gasteiger partial charge in [-0.25, -0.2) is 0 Å². The largest absolute Gasteiger partial charge is 0.348 e. The van der Waals surface area contributed by atoms with Crippen LogP contribution in [0.25, 0.3) is 5.69 Å². The zero-order valence-corrected chi connectivity index (χ0v) is 18.3. The number of rotatable bonds is 6. The molecule has 0 unspecified atom stereocenters. The molecule has 0 atom stereocenters. The molecule has 1 aromatic heterocycles. The van der Waals surface area contributed by atoms with Crippen molar-refractivity contribution < 1.29 is 9.59 Å². The molecule has 1 aliphatic rings. The van der Waals surface area contributed by atoms with Gasteiger partial charge in [-0.2, -0.15) is 0 Å². The van der Waals surface area contributed by atoms with E-state index >= 15 is 0 Å². The molecule has 1 aromatic carbocycles.